The Kier molecular flexibility index (Phi) is 25.0. The molecule has 104 heavy (non-hydrogen) atoms. The molecular formula is C81H103N13O8S2. The Labute approximate surface area is 612 Å². The van der Waals surface area contributed by atoms with Crippen LogP contribution in [-0.2, 0) is 29.8 Å². The summed E-state index contributed by atoms with van der Waals surface area (Å²) in [5.74, 6) is 1.68. The van der Waals surface area contributed by atoms with Crippen LogP contribution in [0.25, 0.3) is 65.7 Å². The van der Waals surface area contributed by atoms with E-state index in [2.05, 4.69) is 152 Å². The lowest BCUT2D eigenvalue weighted by Gasteiger charge is -2.35. The number of sulfonamides is 1. The maximum atomic E-state index is 12.6. The molecule has 6 N–H and O–H groups in total. The smallest absolute Gasteiger partial charge is 0.319 e. The lowest BCUT2D eigenvalue weighted by molar-refractivity contribution is -0.128. The van der Waals surface area contributed by atoms with E-state index < -0.39 is 20.2 Å². The lowest BCUT2D eigenvalue weighted by Crippen LogP contribution is -2.46. The van der Waals surface area contributed by atoms with Gasteiger partial charge in [0.2, 0.25) is 15.9 Å². The zero-order valence-corrected chi connectivity index (χ0v) is 62.6. The minimum atomic E-state index is -3.24. The first-order valence-corrected chi connectivity index (χ1v) is 40.5. The van der Waals surface area contributed by atoms with Crippen molar-refractivity contribution in [2.24, 2.45) is 0 Å². The summed E-state index contributed by atoms with van der Waals surface area (Å²) in [6.45, 7) is 16.9. The number of nitrogens with one attached hydrogen (secondary N) is 6. The minimum Gasteiger partial charge on any atom is -0.383 e. The molecule has 0 aliphatic carbocycles. The van der Waals surface area contributed by atoms with Crippen molar-refractivity contribution >= 4 is 104 Å². The number of fused-ring (bicyclic) bond motifs is 5. The molecular weight excluding hydrogens is 1350 g/mol. The summed E-state index contributed by atoms with van der Waals surface area (Å²) in [4.78, 5) is 60.0. The highest BCUT2D eigenvalue weighted by Crippen LogP contribution is 2.38. The van der Waals surface area contributed by atoms with E-state index in [0.717, 1.165) is 128 Å². The van der Waals surface area contributed by atoms with E-state index in [-0.39, 0.29) is 18.0 Å². The Morgan fingerprint density at radius 3 is 1.25 bits per heavy atom. The molecule has 5 aromatic carbocycles. The molecule has 5 amide bonds. The molecule has 552 valence electrons. The van der Waals surface area contributed by atoms with E-state index in [1.54, 1.807) is 22.6 Å². The van der Waals surface area contributed by atoms with Crippen molar-refractivity contribution in [3.05, 3.63) is 192 Å². The van der Waals surface area contributed by atoms with E-state index in [1.807, 2.05) is 76.1 Å². The van der Waals surface area contributed by atoms with E-state index >= 15 is 0 Å². The number of aromatic amines is 5. The van der Waals surface area contributed by atoms with Gasteiger partial charge in [-0.3, -0.25) is 4.79 Å². The molecule has 0 unspecified atom stereocenters. The average Bonchev–Trinajstić information content (AvgIpc) is 1.00. The number of H-pyrrole nitrogens is 5. The normalized spacial score (nSPS) is 17.7. The Bertz CT molecular complexity index is 4820. The van der Waals surface area contributed by atoms with Crippen molar-refractivity contribution in [3.8, 4) is 0 Å². The maximum Gasteiger partial charge on any atom is 0.319 e. The fourth-order valence-electron chi connectivity index (χ4n) is 15.7. The van der Waals surface area contributed by atoms with Gasteiger partial charge in [0.15, 0.2) is 0 Å². The third-order valence-electron chi connectivity index (χ3n) is 21.7. The second kappa shape index (κ2) is 34.8. The fraction of sp³-hybridized carbons (Fsp3) is 0.420. The van der Waals surface area contributed by atoms with Crippen molar-refractivity contribution in [2.45, 2.75) is 103 Å². The van der Waals surface area contributed by atoms with Gasteiger partial charge in [0, 0.05) is 209 Å². The third kappa shape index (κ3) is 17.7. The van der Waals surface area contributed by atoms with Crippen LogP contribution in [0.3, 0.4) is 0 Å². The van der Waals surface area contributed by atoms with Gasteiger partial charge in [-0.25, -0.2) is 18.0 Å². The van der Waals surface area contributed by atoms with Crippen LogP contribution in [0.1, 0.15) is 131 Å². The van der Waals surface area contributed by atoms with E-state index in [0.29, 0.717) is 70.2 Å². The number of carbonyl (C=O) groups excluding carboxylic acids is 3. The number of amides is 5. The molecule has 5 aromatic heterocycles. The summed E-state index contributed by atoms with van der Waals surface area (Å²) < 4.78 is 58.0. The predicted octanol–water partition coefficient (Wildman–Crippen LogP) is 14.2. The van der Waals surface area contributed by atoms with Gasteiger partial charge >= 0.3 is 12.1 Å². The second-order valence-corrected chi connectivity index (χ2v) is 31.8. The molecule has 0 spiro atoms. The van der Waals surface area contributed by atoms with Crippen LogP contribution in [0.15, 0.2) is 164 Å². The number of methoxy groups -OCH3 is 1. The Balaban J connectivity index is 0.000000123. The highest BCUT2D eigenvalue weighted by Gasteiger charge is 2.36. The van der Waals surface area contributed by atoms with Crippen molar-refractivity contribution in [2.75, 3.05) is 118 Å². The second-order valence-electron chi connectivity index (χ2n) is 27.9. The highest BCUT2D eigenvalue weighted by molar-refractivity contribution is 7.88. The quantitative estimate of drug-likeness (QED) is 0.0605. The maximum absolute atomic E-state index is 12.6. The van der Waals surface area contributed by atoms with Crippen LogP contribution in [0, 0.1) is 0 Å². The van der Waals surface area contributed by atoms with E-state index in [1.165, 1.54) is 93.0 Å². The number of aromatic nitrogens is 5. The Morgan fingerprint density at radius 1 is 0.471 bits per heavy atom. The number of hydrogen-bond donors (Lipinski definition) is 6. The van der Waals surface area contributed by atoms with Crippen molar-refractivity contribution in [1.29, 1.82) is 0 Å². The number of urea groups is 2. The summed E-state index contributed by atoms with van der Waals surface area (Å²) in [6, 6.07) is 41.9. The number of likely N-dealkylation sites (tertiary alicyclic amines) is 2. The molecule has 0 saturated carbocycles. The van der Waals surface area contributed by atoms with Crippen LogP contribution in [0.2, 0.25) is 0 Å². The van der Waals surface area contributed by atoms with Crippen molar-refractivity contribution in [3.63, 3.8) is 0 Å². The first-order valence-electron chi connectivity index (χ1n) is 37.2. The minimum absolute atomic E-state index is 0.0226. The Morgan fingerprint density at radius 2 is 0.856 bits per heavy atom. The summed E-state index contributed by atoms with van der Waals surface area (Å²) in [5, 5.41) is 9.26. The summed E-state index contributed by atoms with van der Waals surface area (Å²) >= 11 is 0. The number of rotatable bonds is 13. The molecule has 21 nitrogen and oxygen atoms in total. The van der Waals surface area contributed by atoms with Crippen LogP contribution in [0.5, 0.6) is 0 Å². The number of carbonyl (C=O) groups is 3. The molecule has 4 fully saturated rings. The molecule has 4 saturated heterocycles. The number of nitrogens with zero attached hydrogens (tertiary/aromatic N) is 7. The van der Waals surface area contributed by atoms with E-state index in [9.17, 15) is 31.2 Å². The van der Waals surface area contributed by atoms with Gasteiger partial charge in [-0.05, 0) is 154 Å². The van der Waals surface area contributed by atoms with Crippen LogP contribution in [-0.4, -0.2) is 210 Å². The molecule has 11 heterocycles. The van der Waals surface area contributed by atoms with Gasteiger partial charge in [0.05, 0.1) is 12.9 Å². The number of ether oxygens (including phenoxy) is 1. The third-order valence-corrected chi connectivity index (χ3v) is 25.0. The molecule has 16 rings (SSSR count). The van der Waals surface area contributed by atoms with Gasteiger partial charge < -0.3 is 54.6 Å². The number of para-hydroxylation sites is 5. The molecule has 0 bridgehead atoms. The van der Waals surface area contributed by atoms with Gasteiger partial charge in [0.1, 0.15) is 0 Å². The number of benzene rings is 5. The molecule has 6 aliphatic rings. The average molecular weight is 1450 g/mol. The SMILES string of the molecule is CC(=O)N1CC=C(c2c[nH]c3ccccc23)CC1.CCN(CC)C(=O)N1CCC(c2c[nH]c3ccccc23)CC1.COCCNC(=O)N1CCC(c2c[nH]c3ccccc23)CC1.CS(=O)(=O)N1CC=C(c2c[nH]c3ccccc23)CC1.O=S(=O)(N1CCCC1)N1CCC(c2c[nH]c3ccccc23)CC1. The molecule has 6 aliphatic heterocycles. The molecule has 23 heteroatoms. The summed E-state index contributed by atoms with van der Waals surface area (Å²) in [6.07, 6.45) is 25.5. The number of piperidine rings is 3. The van der Waals surface area contributed by atoms with Gasteiger partial charge in [-0.15, -0.1) is 0 Å². The predicted molar refractivity (Wildman–Crippen MR) is 419 cm³/mol. The first kappa shape index (κ1) is 74.7. The van der Waals surface area contributed by atoms with Crippen LogP contribution < -0.4 is 5.32 Å². The van der Waals surface area contributed by atoms with Crippen molar-refractivity contribution < 1.29 is 36.0 Å². The zero-order valence-electron chi connectivity index (χ0n) is 60.9. The van der Waals surface area contributed by atoms with Crippen LogP contribution in [0.4, 0.5) is 9.59 Å². The lowest BCUT2D eigenvalue weighted by atomic mass is 9.89. The van der Waals surface area contributed by atoms with Gasteiger partial charge in [-0.1, -0.05) is 103 Å². The van der Waals surface area contributed by atoms with Crippen molar-refractivity contribution in [1.82, 2.24) is 62.8 Å². The Hall–Kier alpha value is -8.97. The molecule has 0 atom stereocenters. The van der Waals surface area contributed by atoms with Crippen LogP contribution >= 0.6 is 0 Å². The highest BCUT2D eigenvalue weighted by atomic mass is 32.2. The largest absolute Gasteiger partial charge is 0.383 e. The molecule has 0 radical (unpaired) electrons. The molecule has 10 aromatic rings. The number of hydrogen-bond acceptors (Lipinski definition) is 8. The van der Waals surface area contributed by atoms with E-state index in [4.69, 9.17) is 4.74 Å². The standard InChI is InChI=1S/C18H25N3O.C17H23N3O2S.C17H23N3O2.C15H16N2O.C14H16N2O2S/c1-3-20(4-2)18(22)21-11-9-14(10-12-21)16-13-19-17-8-6-5-7-15(16)17;21-23(22,19-9-3-4-10-19)20-11-7-14(8-12-20)16-13-18-17-6-2-1-5-15(16)17;1-22-11-8-18-17(21)20-9-6-13(7-10-20)15-12-19-16-5-3-2-4-14(15)16;1-11(18)17-8-6-12(7-9-17)14-10-16-15-5-3-2-4-13(14)15;1-19(17,18)16-8-6-11(7-9-16)13-10-15-14-5-3-2-4-12(13)14/h5-8,13-14,19H,3-4,9-12H2,1-2H3;1-2,5-6,13-14,18H,3-4,7-12H2;2-5,12-13,19H,6-11H2,1H3,(H,18,21);2-6,10,16H,7-9H2,1H3;2-6,10,15H,7-9H2,1H3. The topological polar surface area (TPSA) is 242 Å². The van der Waals surface area contributed by atoms with Gasteiger partial charge in [0.25, 0.3) is 10.2 Å². The first-order chi connectivity index (χ1) is 50.5. The zero-order chi connectivity index (χ0) is 72.7. The fourth-order valence-corrected chi connectivity index (χ4v) is 18.2. The summed E-state index contributed by atoms with van der Waals surface area (Å²) in [7, 11) is -4.68. The van der Waals surface area contributed by atoms with Gasteiger partial charge in [-0.2, -0.15) is 21.3 Å². The summed E-state index contributed by atoms with van der Waals surface area (Å²) in [5.41, 5.74) is 15.0. The monoisotopic (exact) mass is 1450 g/mol.